The van der Waals surface area contributed by atoms with E-state index in [1.54, 1.807) is 30.6 Å². The Morgan fingerprint density at radius 3 is 2.64 bits per heavy atom. The van der Waals surface area contributed by atoms with Gasteiger partial charge in [0.2, 0.25) is 0 Å². The molecule has 0 radical (unpaired) electrons. The lowest BCUT2D eigenvalue weighted by Crippen LogP contribution is -2.11. The predicted molar refractivity (Wildman–Crippen MR) is 111 cm³/mol. The van der Waals surface area contributed by atoms with Gasteiger partial charge in [0.15, 0.2) is 0 Å². The van der Waals surface area contributed by atoms with Crippen LogP contribution in [0.1, 0.15) is 36.9 Å². The van der Waals surface area contributed by atoms with Gasteiger partial charge in [0.05, 0.1) is 11.8 Å². The Morgan fingerprint density at radius 2 is 1.86 bits per heavy atom. The summed E-state index contributed by atoms with van der Waals surface area (Å²) in [7, 11) is 0. The monoisotopic (exact) mass is 393 g/mol. The number of aromatic amines is 1. The topological polar surface area (TPSA) is 67.9 Å². The molecule has 0 aliphatic heterocycles. The van der Waals surface area contributed by atoms with Crippen molar-refractivity contribution in [2.75, 3.05) is 0 Å². The number of pyridine rings is 1. The van der Waals surface area contributed by atoms with Crippen LogP contribution in [-0.2, 0) is 0 Å². The molecule has 0 bridgehead atoms. The highest BCUT2D eigenvalue weighted by Crippen LogP contribution is 2.29. The van der Waals surface area contributed by atoms with Crippen LogP contribution in [0.15, 0.2) is 53.6 Å². The molecule has 3 aromatic rings. The molecule has 0 atom stereocenters. The number of hydrogen-bond donors (Lipinski definition) is 1. The highest BCUT2D eigenvalue weighted by molar-refractivity contribution is 6.30. The Bertz CT molecular complexity index is 1040. The minimum atomic E-state index is -0.213. The third-order valence-electron chi connectivity index (χ3n) is 4.72. The van der Waals surface area contributed by atoms with Crippen LogP contribution in [0.5, 0.6) is 5.75 Å². The summed E-state index contributed by atoms with van der Waals surface area (Å²) >= 11 is 6.18. The molecule has 2 heterocycles. The van der Waals surface area contributed by atoms with Crippen molar-refractivity contribution in [2.24, 2.45) is 0 Å². The van der Waals surface area contributed by atoms with Gasteiger partial charge in [0, 0.05) is 34.6 Å². The molecule has 1 N–H and O–H groups in total. The van der Waals surface area contributed by atoms with Gasteiger partial charge >= 0.3 is 0 Å². The van der Waals surface area contributed by atoms with Gasteiger partial charge in [0.25, 0.3) is 5.56 Å². The van der Waals surface area contributed by atoms with Gasteiger partial charge in [-0.1, -0.05) is 11.6 Å². The Morgan fingerprint density at radius 1 is 1.07 bits per heavy atom. The molecule has 4 rings (SSSR count). The minimum Gasteiger partial charge on any atom is -0.490 e. The third kappa shape index (κ3) is 4.49. The molecular formula is C22H20ClN3O2. The number of nitrogens with zero attached hydrogens (tertiary/aromatic N) is 2. The molecule has 0 unspecified atom stereocenters. The highest BCUT2D eigenvalue weighted by Gasteiger charge is 2.17. The second kappa shape index (κ2) is 8.40. The van der Waals surface area contributed by atoms with Crippen LogP contribution in [0.3, 0.4) is 0 Å². The molecule has 2 aromatic heterocycles. The molecule has 0 saturated heterocycles. The average molecular weight is 394 g/mol. The van der Waals surface area contributed by atoms with E-state index in [1.165, 1.54) is 18.9 Å². The number of halogens is 1. The van der Waals surface area contributed by atoms with Crippen LogP contribution in [0.2, 0.25) is 5.02 Å². The van der Waals surface area contributed by atoms with Crippen molar-refractivity contribution in [3.8, 4) is 17.1 Å². The van der Waals surface area contributed by atoms with Crippen molar-refractivity contribution < 1.29 is 4.74 Å². The number of benzene rings is 1. The number of H-pyrrole nitrogens is 1. The van der Waals surface area contributed by atoms with E-state index in [0.717, 1.165) is 29.7 Å². The van der Waals surface area contributed by atoms with E-state index in [2.05, 4.69) is 15.0 Å². The summed E-state index contributed by atoms with van der Waals surface area (Å²) in [6.07, 6.45) is 11.8. The van der Waals surface area contributed by atoms with Crippen LogP contribution in [-0.4, -0.2) is 21.1 Å². The molecule has 142 valence electrons. The van der Waals surface area contributed by atoms with Crippen molar-refractivity contribution in [3.63, 3.8) is 0 Å². The van der Waals surface area contributed by atoms with E-state index in [0.29, 0.717) is 16.5 Å². The fraction of sp³-hybridized carbons (Fsp3) is 0.227. The Hall–Kier alpha value is -2.92. The molecule has 1 fully saturated rings. The Labute approximate surface area is 168 Å². The second-order valence-corrected chi connectivity index (χ2v) is 7.23. The molecule has 5 nitrogen and oxygen atoms in total. The number of hydrogen-bond acceptors (Lipinski definition) is 4. The van der Waals surface area contributed by atoms with Gasteiger partial charge in [-0.25, -0.2) is 4.98 Å². The smallest absolute Gasteiger partial charge is 0.251 e. The van der Waals surface area contributed by atoms with Crippen molar-refractivity contribution in [3.05, 3.63) is 75.4 Å². The predicted octanol–water partition coefficient (Wildman–Crippen LogP) is 4.98. The first-order valence-electron chi connectivity index (χ1n) is 9.33. The fourth-order valence-corrected chi connectivity index (χ4v) is 3.51. The molecule has 0 spiro atoms. The zero-order chi connectivity index (χ0) is 19.3. The van der Waals surface area contributed by atoms with Gasteiger partial charge in [-0.15, -0.1) is 0 Å². The van der Waals surface area contributed by atoms with Crippen molar-refractivity contribution in [1.29, 1.82) is 0 Å². The van der Waals surface area contributed by atoms with E-state index in [1.807, 2.05) is 24.3 Å². The molecule has 28 heavy (non-hydrogen) atoms. The maximum atomic E-state index is 12.1. The van der Waals surface area contributed by atoms with Gasteiger partial charge in [-0.3, -0.25) is 9.78 Å². The van der Waals surface area contributed by atoms with Crippen molar-refractivity contribution in [1.82, 2.24) is 15.0 Å². The molecule has 1 aliphatic carbocycles. The molecule has 0 amide bonds. The maximum Gasteiger partial charge on any atom is 0.251 e. The van der Waals surface area contributed by atoms with Crippen LogP contribution >= 0.6 is 11.6 Å². The van der Waals surface area contributed by atoms with Crippen LogP contribution in [0.25, 0.3) is 23.5 Å². The largest absolute Gasteiger partial charge is 0.490 e. The SMILES string of the molecule is O=c1cc(/C=C/c2cc(Cl)ccc2OC2CCCC2)nc(-c2ccncc2)[nH]1. The quantitative estimate of drug-likeness (QED) is 0.664. The summed E-state index contributed by atoms with van der Waals surface area (Å²) in [5.41, 5.74) is 2.01. The summed E-state index contributed by atoms with van der Waals surface area (Å²) < 4.78 is 6.16. The second-order valence-electron chi connectivity index (χ2n) is 6.79. The summed E-state index contributed by atoms with van der Waals surface area (Å²) in [6, 6.07) is 10.7. The Kier molecular flexibility index (Phi) is 5.53. The van der Waals surface area contributed by atoms with E-state index in [-0.39, 0.29) is 11.7 Å². The molecule has 1 saturated carbocycles. The lowest BCUT2D eigenvalue weighted by molar-refractivity contribution is 0.209. The molecule has 1 aromatic carbocycles. The normalized spacial score (nSPS) is 14.6. The number of rotatable bonds is 5. The summed E-state index contributed by atoms with van der Waals surface area (Å²) in [5.74, 6) is 1.30. The third-order valence-corrected chi connectivity index (χ3v) is 4.95. The number of nitrogens with one attached hydrogen (secondary N) is 1. The first-order valence-corrected chi connectivity index (χ1v) is 9.71. The number of ether oxygens (including phenoxy) is 1. The maximum absolute atomic E-state index is 12.1. The van der Waals surface area contributed by atoms with E-state index < -0.39 is 0 Å². The Balaban J connectivity index is 1.63. The lowest BCUT2D eigenvalue weighted by atomic mass is 10.1. The van der Waals surface area contributed by atoms with Crippen LogP contribution < -0.4 is 10.3 Å². The van der Waals surface area contributed by atoms with Gasteiger partial charge in [0.1, 0.15) is 11.6 Å². The van der Waals surface area contributed by atoms with E-state index in [9.17, 15) is 4.79 Å². The molecular weight excluding hydrogens is 374 g/mol. The first kappa shape index (κ1) is 18.4. The average Bonchev–Trinajstić information content (AvgIpc) is 3.21. The zero-order valence-electron chi connectivity index (χ0n) is 15.3. The van der Waals surface area contributed by atoms with E-state index >= 15 is 0 Å². The van der Waals surface area contributed by atoms with Crippen LogP contribution in [0.4, 0.5) is 0 Å². The van der Waals surface area contributed by atoms with Gasteiger partial charge < -0.3 is 9.72 Å². The lowest BCUT2D eigenvalue weighted by Gasteiger charge is -2.15. The fourth-order valence-electron chi connectivity index (χ4n) is 3.33. The number of aromatic nitrogens is 3. The summed E-state index contributed by atoms with van der Waals surface area (Å²) in [5, 5.41) is 0.634. The molecule has 6 heteroatoms. The molecule has 1 aliphatic rings. The van der Waals surface area contributed by atoms with E-state index in [4.69, 9.17) is 16.3 Å². The van der Waals surface area contributed by atoms with Crippen molar-refractivity contribution in [2.45, 2.75) is 31.8 Å². The standard InChI is InChI=1S/C22H20ClN3O2/c23-17-6-8-20(28-19-3-1-2-4-19)16(13-17)5-7-18-14-21(27)26-22(25-18)15-9-11-24-12-10-15/h5-14,19H,1-4H2,(H,25,26,27)/b7-5+. The zero-order valence-corrected chi connectivity index (χ0v) is 16.0. The van der Waals surface area contributed by atoms with Crippen LogP contribution in [0, 0.1) is 0 Å². The minimum absolute atomic E-state index is 0.213. The first-order chi connectivity index (χ1) is 13.7. The summed E-state index contributed by atoms with van der Waals surface area (Å²) in [4.78, 5) is 23.3. The van der Waals surface area contributed by atoms with Crippen molar-refractivity contribution >= 4 is 23.8 Å². The van der Waals surface area contributed by atoms with Gasteiger partial charge in [-0.2, -0.15) is 0 Å². The van der Waals surface area contributed by atoms with Gasteiger partial charge in [-0.05, 0) is 68.2 Å². The highest BCUT2D eigenvalue weighted by atomic mass is 35.5. The summed E-state index contributed by atoms with van der Waals surface area (Å²) in [6.45, 7) is 0.